The van der Waals surface area contributed by atoms with Crippen molar-refractivity contribution in [1.82, 2.24) is 4.98 Å². The highest BCUT2D eigenvalue weighted by Gasteiger charge is 2.11. The molecule has 0 aliphatic heterocycles. The molecule has 5 heteroatoms. The number of hydrogen-bond acceptors (Lipinski definition) is 4. The molecule has 0 aliphatic rings. The third kappa shape index (κ3) is 4.49. The van der Waals surface area contributed by atoms with Crippen LogP contribution in [0.4, 0.5) is 0 Å². The second kappa shape index (κ2) is 8.57. The van der Waals surface area contributed by atoms with Crippen LogP contribution in [0.15, 0.2) is 48.5 Å². The van der Waals surface area contributed by atoms with Crippen molar-refractivity contribution in [2.24, 2.45) is 5.92 Å². The zero-order valence-corrected chi connectivity index (χ0v) is 16.2. The van der Waals surface area contributed by atoms with E-state index in [-0.39, 0.29) is 5.56 Å². The van der Waals surface area contributed by atoms with Crippen LogP contribution in [-0.4, -0.2) is 29.8 Å². The molecule has 0 unspecified atom stereocenters. The van der Waals surface area contributed by atoms with Gasteiger partial charge in [-0.1, -0.05) is 44.2 Å². The molecule has 5 nitrogen and oxygen atoms in total. The van der Waals surface area contributed by atoms with Crippen LogP contribution >= 0.6 is 0 Å². The number of carboxylic acid groups (broad SMARTS) is 1. The van der Waals surface area contributed by atoms with E-state index in [2.05, 4.69) is 18.8 Å². The number of aromatic nitrogens is 1. The number of rotatable bonds is 7. The summed E-state index contributed by atoms with van der Waals surface area (Å²) in [5, 5.41) is 10.1. The molecule has 0 aliphatic carbocycles. The van der Waals surface area contributed by atoms with Gasteiger partial charge >= 0.3 is 5.97 Å². The van der Waals surface area contributed by atoms with Crippen LogP contribution in [0, 0.1) is 5.92 Å². The van der Waals surface area contributed by atoms with E-state index in [9.17, 15) is 9.90 Å². The van der Waals surface area contributed by atoms with Crippen LogP contribution in [0.1, 0.15) is 35.5 Å². The molecular weight excluding hydrogens is 354 g/mol. The Labute approximate surface area is 164 Å². The Bertz CT molecular complexity index is 1020. The van der Waals surface area contributed by atoms with E-state index in [1.807, 2.05) is 42.5 Å². The van der Waals surface area contributed by atoms with E-state index in [1.54, 1.807) is 25.3 Å². The number of carbonyl (C=O) groups is 1. The molecule has 0 atom stereocenters. The maximum absolute atomic E-state index is 11.6. The molecule has 1 aromatic heterocycles. The SMILES string of the molecule is COc1ccc(/C=C/c2cc(C(=O)O)c3ccccc3n2)cc1OCC(C)C. The molecule has 3 rings (SSSR count). The molecule has 3 aromatic rings. The minimum atomic E-state index is -0.970. The predicted octanol–water partition coefficient (Wildman–Crippen LogP) is 5.15. The summed E-state index contributed by atoms with van der Waals surface area (Å²) < 4.78 is 11.2. The molecule has 2 aromatic carbocycles. The number of ether oxygens (including phenoxy) is 2. The second-order valence-corrected chi connectivity index (χ2v) is 6.87. The topological polar surface area (TPSA) is 68.7 Å². The lowest BCUT2D eigenvalue weighted by Gasteiger charge is -2.13. The lowest BCUT2D eigenvalue weighted by atomic mass is 10.1. The summed E-state index contributed by atoms with van der Waals surface area (Å²) in [5.74, 6) is 0.785. The highest BCUT2D eigenvalue weighted by Crippen LogP contribution is 2.29. The van der Waals surface area contributed by atoms with Crippen LogP contribution in [0.2, 0.25) is 0 Å². The third-order valence-electron chi connectivity index (χ3n) is 4.17. The van der Waals surface area contributed by atoms with E-state index in [4.69, 9.17) is 9.47 Å². The lowest BCUT2D eigenvalue weighted by molar-refractivity contribution is 0.0699. The van der Waals surface area contributed by atoms with Gasteiger partial charge in [-0.05, 0) is 41.8 Å². The summed E-state index contributed by atoms with van der Waals surface area (Å²) in [6.45, 7) is 4.76. The second-order valence-electron chi connectivity index (χ2n) is 6.87. The maximum atomic E-state index is 11.6. The van der Waals surface area contributed by atoms with Gasteiger partial charge in [0.2, 0.25) is 0 Å². The smallest absolute Gasteiger partial charge is 0.336 e. The zero-order chi connectivity index (χ0) is 20.1. The number of carboxylic acids is 1. The first-order valence-corrected chi connectivity index (χ1v) is 9.10. The Morgan fingerprint density at radius 2 is 1.89 bits per heavy atom. The summed E-state index contributed by atoms with van der Waals surface area (Å²) in [6.07, 6.45) is 3.68. The average molecular weight is 377 g/mol. The van der Waals surface area contributed by atoms with Gasteiger partial charge in [-0.25, -0.2) is 9.78 Å². The minimum Gasteiger partial charge on any atom is -0.493 e. The fourth-order valence-electron chi connectivity index (χ4n) is 2.81. The van der Waals surface area contributed by atoms with Crippen molar-refractivity contribution in [1.29, 1.82) is 0 Å². The Morgan fingerprint density at radius 3 is 2.61 bits per heavy atom. The number of nitrogens with zero attached hydrogens (tertiary/aromatic N) is 1. The highest BCUT2D eigenvalue weighted by atomic mass is 16.5. The van der Waals surface area contributed by atoms with Crippen LogP contribution in [0.3, 0.4) is 0 Å². The zero-order valence-electron chi connectivity index (χ0n) is 16.2. The average Bonchev–Trinajstić information content (AvgIpc) is 2.69. The first kappa shape index (κ1) is 19.4. The molecule has 0 radical (unpaired) electrons. The Balaban J connectivity index is 1.93. The number of para-hydroxylation sites is 1. The van der Waals surface area contributed by atoms with Crippen molar-refractivity contribution >= 4 is 29.0 Å². The molecule has 1 heterocycles. The Morgan fingerprint density at radius 1 is 1.11 bits per heavy atom. The molecule has 0 fully saturated rings. The monoisotopic (exact) mass is 377 g/mol. The van der Waals surface area contributed by atoms with Crippen molar-refractivity contribution in [2.45, 2.75) is 13.8 Å². The maximum Gasteiger partial charge on any atom is 0.336 e. The lowest BCUT2D eigenvalue weighted by Crippen LogP contribution is -2.05. The summed E-state index contributed by atoms with van der Waals surface area (Å²) in [5.41, 5.74) is 2.38. The van der Waals surface area contributed by atoms with E-state index < -0.39 is 5.97 Å². The summed E-state index contributed by atoms with van der Waals surface area (Å²) in [6, 6.07) is 14.5. The van der Waals surface area contributed by atoms with Gasteiger partial charge in [-0.3, -0.25) is 0 Å². The normalized spacial score (nSPS) is 11.3. The molecule has 0 saturated heterocycles. The predicted molar refractivity (Wildman–Crippen MR) is 111 cm³/mol. The fraction of sp³-hybridized carbons (Fsp3) is 0.217. The van der Waals surface area contributed by atoms with Crippen LogP contribution in [-0.2, 0) is 0 Å². The number of benzene rings is 2. The number of hydrogen-bond donors (Lipinski definition) is 1. The standard InChI is InChI=1S/C23H23NO4/c1-15(2)14-28-22-12-16(9-11-21(22)27-3)8-10-17-13-19(23(25)26)18-6-4-5-7-20(18)24-17/h4-13,15H,14H2,1-3H3,(H,25,26)/b10-8+. The van der Waals surface area contributed by atoms with Gasteiger partial charge in [0.25, 0.3) is 0 Å². The van der Waals surface area contributed by atoms with Gasteiger partial charge in [-0.2, -0.15) is 0 Å². The van der Waals surface area contributed by atoms with Crippen molar-refractivity contribution in [3.05, 3.63) is 65.4 Å². The summed E-state index contributed by atoms with van der Waals surface area (Å²) >= 11 is 0. The largest absolute Gasteiger partial charge is 0.493 e. The van der Waals surface area contributed by atoms with E-state index in [1.165, 1.54) is 0 Å². The first-order chi connectivity index (χ1) is 13.5. The van der Waals surface area contributed by atoms with Crippen molar-refractivity contribution in [3.63, 3.8) is 0 Å². The molecule has 0 amide bonds. The third-order valence-corrected chi connectivity index (χ3v) is 4.17. The molecule has 0 spiro atoms. The number of fused-ring (bicyclic) bond motifs is 1. The van der Waals surface area contributed by atoms with Gasteiger partial charge < -0.3 is 14.6 Å². The first-order valence-electron chi connectivity index (χ1n) is 9.10. The van der Waals surface area contributed by atoms with Gasteiger partial charge in [-0.15, -0.1) is 0 Å². The summed E-state index contributed by atoms with van der Waals surface area (Å²) in [4.78, 5) is 16.1. The molecule has 28 heavy (non-hydrogen) atoms. The molecule has 144 valence electrons. The van der Waals surface area contributed by atoms with Gasteiger partial charge in [0.15, 0.2) is 11.5 Å². The van der Waals surface area contributed by atoms with E-state index >= 15 is 0 Å². The quantitative estimate of drug-likeness (QED) is 0.617. The molecule has 0 bridgehead atoms. The Kier molecular flexibility index (Phi) is 5.94. The van der Waals surface area contributed by atoms with Crippen molar-refractivity contribution in [2.75, 3.05) is 13.7 Å². The Hall–Kier alpha value is -3.34. The molecule has 0 saturated carbocycles. The number of methoxy groups -OCH3 is 1. The van der Waals surface area contributed by atoms with Crippen LogP contribution < -0.4 is 9.47 Å². The van der Waals surface area contributed by atoms with E-state index in [0.29, 0.717) is 40.6 Å². The van der Waals surface area contributed by atoms with Crippen LogP contribution in [0.5, 0.6) is 11.5 Å². The summed E-state index contributed by atoms with van der Waals surface area (Å²) in [7, 11) is 1.61. The van der Waals surface area contributed by atoms with Crippen LogP contribution in [0.25, 0.3) is 23.1 Å². The number of aromatic carboxylic acids is 1. The van der Waals surface area contributed by atoms with Crippen molar-refractivity contribution < 1.29 is 19.4 Å². The van der Waals surface area contributed by atoms with Crippen molar-refractivity contribution in [3.8, 4) is 11.5 Å². The molecular formula is C23H23NO4. The minimum absolute atomic E-state index is 0.237. The number of pyridine rings is 1. The van der Waals surface area contributed by atoms with Gasteiger partial charge in [0, 0.05) is 5.39 Å². The van der Waals surface area contributed by atoms with Gasteiger partial charge in [0.1, 0.15) is 0 Å². The molecule has 1 N–H and O–H groups in total. The highest BCUT2D eigenvalue weighted by molar-refractivity contribution is 6.03. The fourth-order valence-corrected chi connectivity index (χ4v) is 2.81. The van der Waals surface area contributed by atoms with E-state index in [0.717, 1.165) is 5.56 Å². The van der Waals surface area contributed by atoms with Gasteiger partial charge in [0.05, 0.1) is 30.5 Å².